The molecular formula is C30H68O. The highest BCUT2D eigenvalue weighted by Gasteiger charge is 2.51. The van der Waals surface area contributed by atoms with Crippen molar-refractivity contribution in [3.8, 4) is 12.3 Å². The molecule has 3 fully saturated rings. The molecule has 0 aromatic carbocycles. The Morgan fingerprint density at radius 2 is 1.03 bits per heavy atom. The van der Waals surface area contributed by atoms with Crippen LogP contribution in [-0.4, -0.2) is 12.7 Å². The number of rotatable bonds is 1. The third kappa shape index (κ3) is 29.5. The van der Waals surface area contributed by atoms with E-state index in [9.17, 15) is 0 Å². The van der Waals surface area contributed by atoms with Crippen LogP contribution in [0, 0.1) is 23.7 Å². The molecule has 194 valence electrons. The Balaban J connectivity index is -0.0000000665. The first-order valence-electron chi connectivity index (χ1n) is 14.1. The first-order chi connectivity index (χ1) is 15.1. The monoisotopic (exact) mass is 445 g/mol. The summed E-state index contributed by atoms with van der Waals surface area (Å²) in [6.07, 6.45) is 17.9. The van der Waals surface area contributed by atoms with Crippen LogP contribution in [0.4, 0.5) is 0 Å². The molecule has 0 bridgehead atoms. The van der Waals surface area contributed by atoms with Crippen molar-refractivity contribution in [2.24, 2.45) is 11.3 Å². The number of ether oxygens (including phenoxy) is 1. The maximum Gasteiger partial charge on any atom is 0.0603 e. The summed E-state index contributed by atoms with van der Waals surface area (Å²) >= 11 is 0. The summed E-state index contributed by atoms with van der Waals surface area (Å²) in [6.45, 7) is 31.5. The first kappa shape index (κ1) is 44.2. The van der Waals surface area contributed by atoms with Crippen molar-refractivity contribution >= 4 is 0 Å². The van der Waals surface area contributed by atoms with E-state index >= 15 is 0 Å². The molecule has 1 spiro atoms. The summed E-state index contributed by atoms with van der Waals surface area (Å²) in [5.41, 5.74) is 0.735. The zero-order valence-electron chi connectivity index (χ0n) is 25.2. The minimum absolute atomic E-state index is 0.561. The fraction of sp³-hybridized carbons (Fsp3) is 0.933. The van der Waals surface area contributed by atoms with Gasteiger partial charge in [-0.3, -0.25) is 0 Å². The van der Waals surface area contributed by atoms with Crippen molar-refractivity contribution in [3.63, 3.8) is 0 Å². The maximum absolute atomic E-state index is 5.71. The van der Waals surface area contributed by atoms with E-state index in [0.717, 1.165) is 17.9 Å². The molecule has 0 aromatic heterocycles. The van der Waals surface area contributed by atoms with Crippen LogP contribution in [0.15, 0.2) is 0 Å². The molecule has 0 amide bonds. The lowest BCUT2D eigenvalue weighted by molar-refractivity contribution is -0.0606. The lowest BCUT2D eigenvalue weighted by Crippen LogP contribution is -2.35. The molecule has 2 saturated carbocycles. The molecular weight excluding hydrogens is 376 g/mol. The van der Waals surface area contributed by atoms with Crippen LogP contribution in [0.1, 0.15) is 162 Å². The van der Waals surface area contributed by atoms with Gasteiger partial charge in [-0.05, 0) is 43.9 Å². The summed E-state index contributed by atoms with van der Waals surface area (Å²) in [7, 11) is 0. The highest BCUT2D eigenvalue weighted by Crippen LogP contribution is 2.58. The van der Waals surface area contributed by atoms with Gasteiger partial charge in [0, 0.05) is 6.61 Å². The van der Waals surface area contributed by atoms with E-state index in [4.69, 9.17) is 4.74 Å². The van der Waals surface area contributed by atoms with Crippen molar-refractivity contribution in [2.45, 2.75) is 168 Å². The molecule has 0 radical (unpaired) electrons. The molecule has 1 nitrogen and oxygen atoms in total. The zero-order chi connectivity index (χ0) is 26.1. The maximum atomic E-state index is 5.71. The quantitative estimate of drug-likeness (QED) is 0.365. The van der Waals surface area contributed by atoms with E-state index < -0.39 is 0 Å². The molecule has 1 heterocycles. The highest BCUT2D eigenvalue weighted by molar-refractivity contribution is 5.01. The van der Waals surface area contributed by atoms with Gasteiger partial charge in [0.05, 0.1) is 6.10 Å². The lowest BCUT2D eigenvalue weighted by Gasteiger charge is -2.36. The van der Waals surface area contributed by atoms with E-state index in [1.165, 1.54) is 57.8 Å². The second-order valence-corrected chi connectivity index (χ2v) is 6.63. The zero-order valence-corrected chi connectivity index (χ0v) is 25.2. The summed E-state index contributed by atoms with van der Waals surface area (Å²) in [4.78, 5) is 0. The fourth-order valence-electron chi connectivity index (χ4n) is 2.77. The Morgan fingerprint density at radius 1 is 0.742 bits per heavy atom. The van der Waals surface area contributed by atoms with Gasteiger partial charge in [0.1, 0.15) is 0 Å². The van der Waals surface area contributed by atoms with Crippen LogP contribution >= 0.6 is 0 Å². The van der Waals surface area contributed by atoms with Gasteiger partial charge >= 0.3 is 0 Å². The van der Waals surface area contributed by atoms with Gasteiger partial charge < -0.3 is 4.74 Å². The minimum Gasteiger partial charge on any atom is -0.378 e. The third-order valence-corrected chi connectivity index (χ3v) is 4.75. The van der Waals surface area contributed by atoms with Gasteiger partial charge in [-0.25, -0.2) is 0 Å². The van der Waals surface area contributed by atoms with Gasteiger partial charge in [-0.1, -0.05) is 129 Å². The van der Waals surface area contributed by atoms with Crippen molar-refractivity contribution in [2.75, 3.05) is 6.61 Å². The Morgan fingerprint density at radius 3 is 1.23 bits per heavy atom. The minimum atomic E-state index is 0.561. The van der Waals surface area contributed by atoms with E-state index in [2.05, 4.69) is 40.0 Å². The molecule has 3 aliphatic rings. The topological polar surface area (TPSA) is 9.23 Å². The standard InChI is InChI=1S/C10H18O.C4H8.C3H8.C3H4.5C2H6/c1-3-9-8(2)10(4-5-10)6-7-11-9;1-2-4-3-1;2*1-3-2;5*1-2/h8-9H,3-7H2,1-2H3;1-4H2;3H2,1-2H3;1H,2H3;5*1-2H3. The Bertz CT molecular complexity index is 265. The fourth-order valence-corrected chi connectivity index (χ4v) is 2.77. The predicted octanol–water partition coefficient (Wildman–Crippen LogP) is 11.3. The third-order valence-electron chi connectivity index (χ3n) is 4.75. The molecule has 2 unspecified atom stereocenters. The van der Waals surface area contributed by atoms with Crippen molar-refractivity contribution in [3.05, 3.63) is 0 Å². The number of hydrogen-bond donors (Lipinski definition) is 0. The Kier molecular flexibility index (Phi) is 61.9. The molecule has 0 N–H and O–H groups in total. The molecule has 1 heteroatoms. The van der Waals surface area contributed by atoms with Crippen LogP contribution in [-0.2, 0) is 4.74 Å². The van der Waals surface area contributed by atoms with E-state index in [0.29, 0.717) is 6.10 Å². The molecule has 31 heavy (non-hydrogen) atoms. The highest BCUT2D eigenvalue weighted by atomic mass is 16.5. The molecule has 1 aliphatic heterocycles. The molecule has 1 saturated heterocycles. The van der Waals surface area contributed by atoms with Crippen LogP contribution in [0.25, 0.3) is 0 Å². The normalized spacial score (nSPS) is 19.4. The van der Waals surface area contributed by atoms with E-state index in [1.807, 2.05) is 69.2 Å². The van der Waals surface area contributed by atoms with E-state index in [1.54, 1.807) is 6.92 Å². The Labute approximate surface area is 202 Å². The van der Waals surface area contributed by atoms with Gasteiger partial charge in [0.15, 0.2) is 0 Å². The second-order valence-electron chi connectivity index (χ2n) is 6.63. The molecule has 0 aromatic rings. The van der Waals surface area contributed by atoms with Gasteiger partial charge in [-0.15, -0.1) is 12.3 Å². The second kappa shape index (κ2) is 43.4. The Hall–Kier alpha value is -0.480. The largest absolute Gasteiger partial charge is 0.378 e. The van der Waals surface area contributed by atoms with Crippen LogP contribution in [0.3, 0.4) is 0 Å². The van der Waals surface area contributed by atoms with Crippen LogP contribution in [0.2, 0.25) is 0 Å². The van der Waals surface area contributed by atoms with Crippen LogP contribution in [0.5, 0.6) is 0 Å². The van der Waals surface area contributed by atoms with Crippen molar-refractivity contribution in [1.29, 1.82) is 0 Å². The van der Waals surface area contributed by atoms with Gasteiger partial charge in [0.2, 0.25) is 0 Å². The average molecular weight is 445 g/mol. The van der Waals surface area contributed by atoms with Crippen LogP contribution < -0.4 is 0 Å². The SMILES string of the molecule is C#CC.C1CCC1.CC.CC.CC.CC.CC.CCC.CCC1OCCC2(CC2)C1C. The summed E-state index contributed by atoms with van der Waals surface area (Å²) in [5, 5.41) is 0. The first-order valence-corrected chi connectivity index (χ1v) is 14.1. The molecule has 2 atom stereocenters. The number of terminal acetylenes is 1. The van der Waals surface area contributed by atoms with Crippen molar-refractivity contribution in [1.82, 2.24) is 0 Å². The lowest BCUT2D eigenvalue weighted by atomic mass is 9.81. The molecule has 2 aliphatic carbocycles. The van der Waals surface area contributed by atoms with Gasteiger partial charge in [0.25, 0.3) is 0 Å². The molecule has 3 rings (SSSR count). The summed E-state index contributed by atoms with van der Waals surface area (Å²) in [5.74, 6) is 3.07. The predicted molar refractivity (Wildman–Crippen MR) is 151 cm³/mol. The van der Waals surface area contributed by atoms with Crippen molar-refractivity contribution < 1.29 is 4.74 Å². The van der Waals surface area contributed by atoms with E-state index in [-0.39, 0.29) is 0 Å². The van der Waals surface area contributed by atoms with Gasteiger partial charge in [-0.2, -0.15) is 0 Å². The number of hydrogen-bond acceptors (Lipinski definition) is 1. The summed E-state index contributed by atoms with van der Waals surface area (Å²) in [6, 6.07) is 0. The average Bonchev–Trinajstić information content (AvgIpc) is 3.58. The smallest absolute Gasteiger partial charge is 0.0603 e. The summed E-state index contributed by atoms with van der Waals surface area (Å²) < 4.78 is 5.71.